The third-order valence-corrected chi connectivity index (χ3v) is 3.86. The first-order chi connectivity index (χ1) is 12.1. The van der Waals surface area contributed by atoms with E-state index in [1.807, 2.05) is 48.5 Å². The van der Waals surface area contributed by atoms with Crippen LogP contribution in [0.5, 0.6) is 0 Å². The third kappa shape index (κ3) is 4.08. The van der Waals surface area contributed by atoms with Crippen LogP contribution in [0.3, 0.4) is 0 Å². The first-order valence-corrected chi connectivity index (χ1v) is 8.08. The van der Waals surface area contributed by atoms with E-state index in [1.165, 1.54) is 24.3 Å². The van der Waals surface area contributed by atoms with E-state index in [2.05, 4.69) is 5.32 Å². The average Bonchev–Trinajstić information content (AvgIpc) is 2.64. The van der Waals surface area contributed by atoms with Crippen molar-refractivity contribution < 1.29 is 14.1 Å². The molecule has 124 valence electrons. The van der Waals surface area contributed by atoms with Gasteiger partial charge in [0, 0.05) is 23.4 Å². The second kappa shape index (κ2) is 7.68. The first-order valence-electron chi connectivity index (χ1n) is 7.67. The van der Waals surface area contributed by atoms with Crippen molar-refractivity contribution in [2.75, 3.05) is 5.32 Å². The van der Waals surface area contributed by atoms with Gasteiger partial charge in [0.25, 0.3) is 5.70 Å². The van der Waals surface area contributed by atoms with Gasteiger partial charge in [-0.05, 0) is 36.4 Å². The molecule has 25 heavy (non-hydrogen) atoms. The SMILES string of the molecule is O/C(=C(\C(=S)Nc1ccccc1)[n+]1ccccc1)c1ccc(F)cc1. The van der Waals surface area contributed by atoms with Gasteiger partial charge in [-0.25, -0.2) is 4.39 Å². The molecule has 0 saturated heterocycles. The molecule has 3 aromatic rings. The maximum atomic E-state index is 13.2. The standard InChI is InChI=1S/C20H15FN2OS/c21-16-11-9-15(10-12-16)19(24)18(23-13-5-2-6-14-23)20(25)22-17-7-3-1-4-8-17/h1-14H,(H-,22,24,25)/p+1. The van der Waals surface area contributed by atoms with Crippen LogP contribution in [-0.2, 0) is 0 Å². The van der Waals surface area contributed by atoms with Crippen molar-refractivity contribution >= 4 is 34.3 Å². The zero-order chi connectivity index (χ0) is 17.6. The Hall–Kier alpha value is -3.05. The maximum Gasteiger partial charge on any atom is 0.288 e. The van der Waals surface area contributed by atoms with Crippen LogP contribution >= 0.6 is 12.2 Å². The van der Waals surface area contributed by atoms with Crippen LogP contribution in [0.1, 0.15) is 5.56 Å². The molecule has 2 N–H and O–H groups in total. The topological polar surface area (TPSA) is 36.1 Å². The van der Waals surface area contributed by atoms with Crippen LogP contribution in [0.4, 0.5) is 10.1 Å². The largest absolute Gasteiger partial charge is 0.502 e. The zero-order valence-electron chi connectivity index (χ0n) is 13.3. The number of halogens is 1. The zero-order valence-corrected chi connectivity index (χ0v) is 14.1. The molecular formula is C20H16FN2OS+. The minimum absolute atomic E-state index is 0.0374. The summed E-state index contributed by atoms with van der Waals surface area (Å²) < 4.78 is 14.9. The Morgan fingerprint density at radius 3 is 2.12 bits per heavy atom. The fraction of sp³-hybridized carbons (Fsp3) is 0. The highest BCUT2D eigenvalue weighted by atomic mass is 32.1. The van der Waals surface area contributed by atoms with Crippen LogP contribution < -0.4 is 9.88 Å². The van der Waals surface area contributed by atoms with Gasteiger partial charge in [0.05, 0.1) is 0 Å². The summed E-state index contributed by atoms with van der Waals surface area (Å²) in [5, 5.41) is 13.9. The molecule has 0 aliphatic carbocycles. The molecule has 0 unspecified atom stereocenters. The van der Waals surface area contributed by atoms with Gasteiger partial charge in [0.15, 0.2) is 23.1 Å². The van der Waals surface area contributed by atoms with Crippen LogP contribution in [0.25, 0.3) is 11.5 Å². The lowest BCUT2D eigenvalue weighted by Gasteiger charge is -2.10. The third-order valence-electron chi connectivity index (χ3n) is 3.56. The number of aliphatic hydroxyl groups is 1. The number of rotatable bonds is 4. The van der Waals surface area contributed by atoms with Crippen LogP contribution in [-0.4, -0.2) is 10.1 Å². The monoisotopic (exact) mass is 351 g/mol. The van der Waals surface area contributed by atoms with Crippen molar-refractivity contribution in [2.45, 2.75) is 0 Å². The predicted octanol–water partition coefficient (Wildman–Crippen LogP) is 4.44. The molecule has 0 atom stereocenters. The Kier molecular flexibility index (Phi) is 5.16. The second-order valence-corrected chi connectivity index (χ2v) is 5.72. The number of para-hydroxylation sites is 1. The van der Waals surface area contributed by atoms with E-state index in [0.717, 1.165) is 5.69 Å². The van der Waals surface area contributed by atoms with Crippen molar-refractivity contribution in [3.63, 3.8) is 0 Å². The summed E-state index contributed by atoms with van der Waals surface area (Å²) >= 11 is 5.52. The van der Waals surface area contributed by atoms with Crippen molar-refractivity contribution in [2.24, 2.45) is 0 Å². The number of nitrogens with one attached hydrogen (secondary N) is 1. The number of benzene rings is 2. The van der Waals surface area contributed by atoms with Gasteiger partial charge in [0.2, 0.25) is 0 Å². The molecule has 5 heteroatoms. The number of aromatic nitrogens is 1. The van der Waals surface area contributed by atoms with Gasteiger partial charge in [-0.2, -0.15) is 4.57 Å². The Bertz CT molecular complexity index is 894. The quantitative estimate of drug-likeness (QED) is 0.316. The number of aliphatic hydroxyl groups excluding tert-OH is 1. The van der Waals surface area contributed by atoms with Gasteiger partial charge < -0.3 is 10.4 Å². The Morgan fingerprint density at radius 2 is 1.48 bits per heavy atom. The smallest absolute Gasteiger partial charge is 0.288 e. The average molecular weight is 351 g/mol. The van der Waals surface area contributed by atoms with E-state index < -0.39 is 0 Å². The molecule has 0 saturated carbocycles. The minimum atomic E-state index is -0.365. The lowest BCUT2D eigenvalue weighted by atomic mass is 10.1. The first kappa shape index (κ1) is 16.8. The molecule has 0 aliphatic heterocycles. The van der Waals surface area contributed by atoms with Gasteiger partial charge in [-0.15, -0.1) is 0 Å². The lowest BCUT2D eigenvalue weighted by Crippen LogP contribution is -2.38. The van der Waals surface area contributed by atoms with Gasteiger partial charge in [0.1, 0.15) is 5.82 Å². The number of nitrogens with zero attached hydrogens (tertiary/aromatic N) is 1. The predicted molar refractivity (Wildman–Crippen MR) is 101 cm³/mol. The summed E-state index contributed by atoms with van der Waals surface area (Å²) in [5.41, 5.74) is 1.70. The molecule has 2 aromatic carbocycles. The fourth-order valence-electron chi connectivity index (χ4n) is 2.35. The molecule has 0 fully saturated rings. The molecule has 0 bridgehead atoms. The summed E-state index contributed by atoms with van der Waals surface area (Å²) in [4.78, 5) is 0.351. The van der Waals surface area contributed by atoms with Gasteiger partial charge in [-0.3, -0.25) is 0 Å². The minimum Gasteiger partial charge on any atom is -0.502 e. The summed E-state index contributed by atoms with van der Waals surface area (Å²) in [6.07, 6.45) is 3.57. The molecule has 1 aromatic heterocycles. The van der Waals surface area contributed by atoms with Crippen LogP contribution in [0, 0.1) is 5.82 Å². The number of hydrogen-bond acceptors (Lipinski definition) is 2. The van der Waals surface area contributed by atoms with Crippen molar-refractivity contribution in [1.82, 2.24) is 0 Å². The molecule has 0 amide bonds. The second-order valence-electron chi connectivity index (χ2n) is 5.31. The van der Waals surface area contributed by atoms with E-state index in [0.29, 0.717) is 16.2 Å². The number of hydrogen-bond donors (Lipinski definition) is 2. The molecule has 0 aliphatic rings. The van der Waals surface area contributed by atoms with E-state index in [-0.39, 0.29) is 11.6 Å². The van der Waals surface area contributed by atoms with Crippen molar-refractivity contribution in [3.8, 4) is 0 Å². The highest BCUT2D eigenvalue weighted by molar-refractivity contribution is 7.81. The number of pyridine rings is 1. The number of thiocarbonyl (C=S) groups is 1. The molecule has 0 spiro atoms. The van der Waals surface area contributed by atoms with Gasteiger partial charge >= 0.3 is 0 Å². The summed E-state index contributed by atoms with van der Waals surface area (Å²) in [6, 6.07) is 20.6. The van der Waals surface area contributed by atoms with E-state index in [9.17, 15) is 9.50 Å². The molecular weight excluding hydrogens is 335 g/mol. The Labute approximate surface area is 150 Å². The van der Waals surface area contributed by atoms with E-state index >= 15 is 0 Å². The van der Waals surface area contributed by atoms with Crippen LogP contribution in [0.15, 0.2) is 85.2 Å². The highest BCUT2D eigenvalue weighted by Gasteiger charge is 2.23. The van der Waals surface area contributed by atoms with Crippen LogP contribution in [0.2, 0.25) is 0 Å². The van der Waals surface area contributed by atoms with Crippen molar-refractivity contribution in [1.29, 1.82) is 0 Å². The lowest BCUT2D eigenvalue weighted by molar-refractivity contribution is -0.575. The van der Waals surface area contributed by atoms with Crippen molar-refractivity contribution in [3.05, 3.63) is 96.6 Å². The van der Waals surface area contributed by atoms with E-state index in [1.54, 1.807) is 17.0 Å². The number of anilines is 1. The maximum absolute atomic E-state index is 13.2. The summed E-state index contributed by atoms with van der Waals surface area (Å²) in [6.45, 7) is 0. The Morgan fingerprint density at radius 1 is 0.880 bits per heavy atom. The molecule has 0 radical (unpaired) electrons. The van der Waals surface area contributed by atoms with Gasteiger partial charge in [-0.1, -0.05) is 36.5 Å². The molecule has 1 heterocycles. The molecule has 3 nitrogen and oxygen atoms in total. The normalized spacial score (nSPS) is 11.6. The highest BCUT2D eigenvalue weighted by Crippen LogP contribution is 2.19. The summed E-state index contributed by atoms with van der Waals surface area (Å²) in [7, 11) is 0. The molecule has 3 rings (SSSR count). The Balaban J connectivity index is 2.05. The summed E-state index contributed by atoms with van der Waals surface area (Å²) in [5.74, 6) is -0.403. The fourth-order valence-corrected chi connectivity index (χ4v) is 2.67. The van der Waals surface area contributed by atoms with E-state index in [4.69, 9.17) is 12.2 Å².